The van der Waals surface area contributed by atoms with Crippen LogP contribution in [0.4, 0.5) is 0 Å². The van der Waals surface area contributed by atoms with Crippen LogP contribution in [0.5, 0.6) is 0 Å². The van der Waals surface area contributed by atoms with Gasteiger partial charge < -0.3 is 30.3 Å². The molecule has 0 aliphatic carbocycles. The standard InChI is InChI=1S/C34H28O10/c35-25(21-13-5-1-6-14-21)26(36)30-32(41,27(37)22-15-7-2-8-16-22)34(43,29(39)24-19-11-4-12-20-24)33(42,31(40)44-30)28(38)23-17-9-3-10-18-23/h1-20,26,30-31,36,40-43H/t26?,30-,31-,32-,33+,34+/m1/s1. The summed E-state index contributed by atoms with van der Waals surface area (Å²) < 4.78 is 5.42. The molecule has 0 saturated carbocycles. The fourth-order valence-electron chi connectivity index (χ4n) is 5.56. The number of hydrogen-bond acceptors (Lipinski definition) is 10. The number of hydrogen-bond donors (Lipinski definition) is 5. The zero-order chi connectivity index (χ0) is 31.7. The minimum atomic E-state index is -3.96. The molecule has 1 unspecified atom stereocenters. The molecule has 6 atom stereocenters. The third-order valence-electron chi connectivity index (χ3n) is 7.89. The zero-order valence-corrected chi connectivity index (χ0v) is 23.1. The zero-order valence-electron chi connectivity index (χ0n) is 23.1. The first-order chi connectivity index (χ1) is 21.0. The number of benzene rings is 4. The van der Waals surface area contributed by atoms with Gasteiger partial charge in [0, 0.05) is 22.3 Å². The average molecular weight is 597 g/mol. The van der Waals surface area contributed by atoms with Crippen LogP contribution < -0.4 is 0 Å². The predicted octanol–water partition coefficient (Wildman–Crippen LogP) is 1.79. The van der Waals surface area contributed by atoms with Crippen LogP contribution in [0, 0.1) is 0 Å². The van der Waals surface area contributed by atoms with Gasteiger partial charge in [-0.1, -0.05) is 121 Å². The van der Waals surface area contributed by atoms with Crippen molar-refractivity contribution in [2.24, 2.45) is 0 Å². The smallest absolute Gasteiger partial charge is 0.218 e. The molecule has 5 N–H and O–H groups in total. The van der Waals surface area contributed by atoms with Gasteiger partial charge >= 0.3 is 0 Å². The van der Waals surface area contributed by atoms with Crippen molar-refractivity contribution in [3.8, 4) is 0 Å². The summed E-state index contributed by atoms with van der Waals surface area (Å²) in [6, 6.07) is 27.3. The summed E-state index contributed by atoms with van der Waals surface area (Å²) in [5.74, 6) is -5.65. The highest BCUT2D eigenvalue weighted by atomic mass is 16.7. The quantitative estimate of drug-likeness (QED) is 0.179. The van der Waals surface area contributed by atoms with Gasteiger partial charge in [-0.2, -0.15) is 0 Å². The maximum Gasteiger partial charge on any atom is 0.218 e. The molecular formula is C34H28O10. The second-order valence-electron chi connectivity index (χ2n) is 10.4. The van der Waals surface area contributed by atoms with E-state index in [4.69, 9.17) is 4.74 Å². The summed E-state index contributed by atoms with van der Waals surface area (Å²) in [6.07, 6.45) is -7.93. The second-order valence-corrected chi connectivity index (χ2v) is 10.4. The normalized spacial score (nSPS) is 27.2. The summed E-state index contributed by atoms with van der Waals surface area (Å²) in [5.41, 5.74) is -12.6. The first kappa shape index (κ1) is 30.8. The third kappa shape index (κ3) is 4.61. The van der Waals surface area contributed by atoms with Crippen LogP contribution in [-0.4, -0.2) is 84.0 Å². The summed E-state index contributed by atoms with van der Waals surface area (Å²) in [7, 11) is 0. The highest BCUT2D eigenvalue weighted by Gasteiger charge is 2.81. The summed E-state index contributed by atoms with van der Waals surface area (Å²) in [5, 5.41) is 59.9. The number of aliphatic hydroxyl groups is 5. The number of aliphatic hydroxyl groups excluding tert-OH is 2. The molecular weight excluding hydrogens is 568 g/mol. The molecule has 0 bridgehead atoms. The molecule has 224 valence electrons. The average Bonchev–Trinajstić information content (AvgIpc) is 3.08. The van der Waals surface area contributed by atoms with Crippen LogP contribution in [0.25, 0.3) is 0 Å². The molecule has 5 rings (SSSR count). The van der Waals surface area contributed by atoms with E-state index in [9.17, 15) is 44.7 Å². The van der Waals surface area contributed by atoms with Gasteiger partial charge in [-0.15, -0.1) is 0 Å². The number of rotatable bonds is 9. The Kier molecular flexibility index (Phi) is 8.23. The molecule has 1 aliphatic heterocycles. The van der Waals surface area contributed by atoms with Crippen molar-refractivity contribution >= 4 is 23.1 Å². The summed E-state index contributed by atoms with van der Waals surface area (Å²) in [4.78, 5) is 56.1. The Balaban J connectivity index is 1.82. The lowest BCUT2D eigenvalue weighted by molar-refractivity contribution is -0.352. The topological polar surface area (TPSA) is 179 Å². The fourth-order valence-corrected chi connectivity index (χ4v) is 5.56. The Morgan fingerprint density at radius 1 is 0.545 bits per heavy atom. The molecule has 4 aromatic carbocycles. The van der Waals surface area contributed by atoms with Crippen molar-refractivity contribution in [1.29, 1.82) is 0 Å². The molecule has 1 saturated heterocycles. The summed E-state index contributed by atoms with van der Waals surface area (Å²) >= 11 is 0. The first-order valence-electron chi connectivity index (χ1n) is 13.6. The molecule has 0 spiro atoms. The lowest BCUT2D eigenvalue weighted by Crippen LogP contribution is -2.87. The van der Waals surface area contributed by atoms with Crippen LogP contribution >= 0.6 is 0 Å². The van der Waals surface area contributed by atoms with Crippen molar-refractivity contribution in [3.05, 3.63) is 144 Å². The van der Waals surface area contributed by atoms with E-state index in [1.807, 2.05) is 0 Å². The number of ketones is 4. The SMILES string of the molecule is O=C(c1ccccc1)C(O)[C@H]1O[C@@H](O)[C@@](O)(C(=O)c2ccccc2)[C@](O)(C(=O)c2ccccc2)[C@@]1(O)C(=O)c1ccccc1. The minimum absolute atomic E-state index is 0.105. The van der Waals surface area contributed by atoms with E-state index >= 15 is 0 Å². The van der Waals surface area contributed by atoms with Gasteiger partial charge in [0.25, 0.3) is 0 Å². The van der Waals surface area contributed by atoms with Gasteiger partial charge in [0.05, 0.1) is 0 Å². The Bertz CT molecular complexity index is 1680. The molecule has 1 fully saturated rings. The van der Waals surface area contributed by atoms with Gasteiger partial charge in [-0.25, -0.2) is 0 Å². The van der Waals surface area contributed by atoms with E-state index in [1.165, 1.54) is 115 Å². The van der Waals surface area contributed by atoms with Gasteiger partial charge in [-0.3, -0.25) is 19.2 Å². The molecule has 0 amide bonds. The molecule has 0 aromatic heterocycles. The van der Waals surface area contributed by atoms with Crippen LogP contribution in [0.2, 0.25) is 0 Å². The lowest BCUT2D eigenvalue weighted by Gasteiger charge is -2.57. The third-order valence-corrected chi connectivity index (χ3v) is 7.89. The Morgan fingerprint density at radius 3 is 1.30 bits per heavy atom. The number of ether oxygens (including phenoxy) is 1. The molecule has 4 aromatic rings. The van der Waals surface area contributed by atoms with E-state index in [0.29, 0.717) is 0 Å². The van der Waals surface area contributed by atoms with E-state index < -0.39 is 58.4 Å². The largest absolute Gasteiger partial charge is 0.382 e. The van der Waals surface area contributed by atoms with Gasteiger partial charge in [0.1, 0.15) is 12.2 Å². The van der Waals surface area contributed by atoms with E-state index in [2.05, 4.69) is 0 Å². The highest BCUT2D eigenvalue weighted by molar-refractivity contribution is 6.19. The fraction of sp³-hybridized carbons (Fsp3) is 0.176. The lowest BCUT2D eigenvalue weighted by atomic mass is 9.57. The van der Waals surface area contributed by atoms with E-state index in [-0.39, 0.29) is 22.3 Å². The summed E-state index contributed by atoms with van der Waals surface area (Å²) in [6.45, 7) is 0. The minimum Gasteiger partial charge on any atom is -0.382 e. The predicted molar refractivity (Wildman–Crippen MR) is 155 cm³/mol. The first-order valence-corrected chi connectivity index (χ1v) is 13.6. The van der Waals surface area contributed by atoms with Crippen LogP contribution in [0.1, 0.15) is 41.4 Å². The number of Topliss-reactive ketones (excluding diaryl/α,β-unsaturated/α-hetero) is 4. The molecule has 0 radical (unpaired) electrons. The van der Waals surface area contributed by atoms with Gasteiger partial charge in [0.15, 0.2) is 17.7 Å². The van der Waals surface area contributed by atoms with Gasteiger partial charge in [0.2, 0.25) is 28.6 Å². The van der Waals surface area contributed by atoms with Crippen molar-refractivity contribution in [3.63, 3.8) is 0 Å². The Morgan fingerprint density at radius 2 is 0.886 bits per heavy atom. The maximum atomic E-state index is 14.4. The van der Waals surface area contributed by atoms with Crippen LogP contribution in [-0.2, 0) is 4.74 Å². The van der Waals surface area contributed by atoms with E-state index in [0.717, 1.165) is 0 Å². The maximum absolute atomic E-state index is 14.4. The van der Waals surface area contributed by atoms with Crippen molar-refractivity contribution in [2.45, 2.75) is 35.3 Å². The van der Waals surface area contributed by atoms with Crippen molar-refractivity contribution in [2.75, 3.05) is 0 Å². The van der Waals surface area contributed by atoms with Crippen molar-refractivity contribution < 1.29 is 49.4 Å². The monoisotopic (exact) mass is 596 g/mol. The van der Waals surface area contributed by atoms with Crippen LogP contribution in [0.3, 0.4) is 0 Å². The van der Waals surface area contributed by atoms with Crippen LogP contribution in [0.15, 0.2) is 121 Å². The molecule has 44 heavy (non-hydrogen) atoms. The van der Waals surface area contributed by atoms with Gasteiger partial charge in [-0.05, 0) is 0 Å². The number of carbonyl (C=O) groups is 4. The highest BCUT2D eigenvalue weighted by Crippen LogP contribution is 2.50. The molecule has 1 aliphatic rings. The number of carbonyl (C=O) groups excluding carboxylic acids is 4. The second kappa shape index (κ2) is 11.8. The Hall–Kier alpha value is -4.68. The van der Waals surface area contributed by atoms with Crippen molar-refractivity contribution in [1.82, 2.24) is 0 Å². The molecule has 10 heteroatoms. The van der Waals surface area contributed by atoms with E-state index in [1.54, 1.807) is 6.07 Å². The Labute approximate surface area is 251 Å². The molecule has 10 nitrogen and oxygen atoms in total. The molecule has 1 heterocycles.